The number of hydrogen-bond acceptors (Lipinski definition) is 4. The second-order valence-electron chi connectivity index (χ2n) is 7.38. The van der Waals surface area contributed by atoms with Crippen molar-refractivity contribution in [3.05, 3.63) is 63.5 Å². The van der Waals surface area contributed by atoms with Gasteiger partial charge in [-0.15, -0.1) is 0 Å². The van der Waals surface area contributed by atoms with Crippen molar-refractivity contribution in [1.29, 1.82) is 0 Å². The van der Waals surface area contributed by atoms with Gasteiger partial charge in [0.25, 0.3) is 5.91 Å². The molecule has 4 rings (SSSR count). The Kier molecular flexibility index (Phi) is 6.18. The highest BCUT2D eigenvalue weighted by Gasteiger charge is 2.22. The molecule has 3 aromatic rings. The number of benzene rings is 1. The van der Waals surface area contributed by atoms with Gasteiger partial charge in [-0.1, -0.05) is 36.2 Å². The third kappa shape index (κ3) is 4.13. The van der Waals surface area contributed by atoms with Crippen LogP contribution in [0.1, 0.15) is 28.7 Å². The second-order valence-corrected chi connectivity index (χ2v) is 8.23. The largest absolute Gasteiger partial charge is 0.378 e. The van der Waals surface area contributed by atoms with Gasteiger partial charge in [0, 0.05) is 32.9 Å². The van der Waals surface area contributed by atoms with Gasteiger partial charge >= 0.3 is 0 Å². The van der Waals surface area contributed by atoms with Crippen LogP contribution in [0.2, 0.25) is 10.0 Å². The summed E-state index contributed by atoms with van der Waals surface area (Å²) < 4.78 is 7.18. The van der Waals surface area contributed by atoms with E-state index in [2.05, 4.69) is 9.88 Å². The number of pyridine rings is 1. The zero-order valence-corrected chi connectivity index (χ0v) is 18.6. The summed E-state index contributed by atoms with van der Waals surface area (Å²) in [5.41, 5.74) is 3.99. The zero-order chi connectivity index (χ0) is 21.3. The molecule has 0 saturated carbocycles. The maximum atomic E-state index is 13.3. The molecular formula is C22H24Cl2N4O2. The predicted molar refractivity (Wildman–Crippen MR) is 120 cm³/mol. The summed E-state index contributed by atoms with van der Waals surface area (Å²) >= 11 is 12.7. The van der Waals surface area contributed by atoms with Crippen LogP contribution in [-0.4, -0.2) is 53.5 Å². The molecule has 0 spiro atoms. The number of hydrogen-bond donors (Lipinski definition) is 0. The molecular weight excluding hydrogens is 423 g/mol. The number of halogens is 2. The molecule has 1 saturated heterocycles. The lowest BCUT2D eigenvalue weighted by molar-refractivity contribution is 0.0777. The average Bonchev–Trinajstić information content (AvgIpc) is 3.11. The molecule has 158 valence electrons. The standard InChI is InChI=1S/C22H24Cl2N4O2/c1-3-18-21(28-14-16(23)5-7-20(28)25-18)22(29)26(2)13-15-4-6-19(17(24)12-15)27-8-10-30-11-9-27/h4-7,12,14H,3,8-11,13H2,1-2H3. The quantitative estimate of drug-likeness (QED) is 0.585. The minimum absolute atomic E-state index is 0.102. The highest BCUT2D eigenvalue weighted by atomic mass is 35.5. The third-order valence-corrected chi connectivity index (χ3v) is 5.85. The van der Waals surface area contributed by atoms with E-state index in [1.165, 1.54) is 0 Å². The van der Waals surface area contributed by atoms with E-state index in [4.69, 9.17) is 27.9 Å². The van der Waals surface area contributed by atoms with Crippen molar-refractivity contribution >= 4 is 40.4 Å². The molecule has 1 aromatic carbocycles. The fourth-order valence-electron chi connectivity index (χ4n) is 3.78. The van der Waals surface area contributed by atoms with E-state index >= 15 is 0 Å². The number of rotatable bonds is 5. The number of amides is 1. The van der Waals surface area contributed by atoms with Gasteiger partial charge in [0.1, 0.15) is 11.3 Å². The number of aryl methyl sites for hydroxylation is 1. The summed E-state index contributed by atoms with van der Waals surface area (Å²) in [5, 5.41) is 1.25. The van der Waals surface area contributed by atoms with Gasteiger partial charge in [0.2, 0.25) is 0 Å². The number of imidazole rings is 1. The van der Waals surface area contributed by atoms with Crippen LogP contribution in [0.15, 0.2) is 36.5 Å². The van der Waals surface area contributed by atoms with Crippen molar-refractivity contribution in [1.82, 2.24) is 14.3 Å². The Hall–Kier alpha value is -2.28. The van der Waals surface area contributed by atoms with E-state index in [-0.39, 0.29) is 5.91 Å². The fourth-order valence-corrected chi connectivity index (χ4v) is 4.26. The minimum Gasteiger partial charge on any atom is -0.378 e. The maximum absolute atomic E-state index is 13.3. The Morgan fingerprint density at radius 1 is 1.20 bits per heavy atom. The summed E-state index contributed by atoms with van der Waals surface area (Å²) in [4.78, 5) is 21.8. The van der Waals surface area contributed by atoms with Crippen molar-refractivity contribution in [2.75, 3.05) is 38.3 Å². The first-order chi connectivity index (χ1) is 14.5. The molecule has 1 amide bonds. The van der Waals surface area contributed by atoms with Crippen LogP contribution in [0, 0.1) is 0 Å². The van der Waals surface area contributed by atoms with Crippen molar-refractivity contribution in [2.24, 2.45) is 0 Å². The monoisotopic (exact) mass is 446 g/mol. The van der Waals surface area contributed by atoms with Crippen LogP contribution in [-0.2, 0) is 17.7 Å². The molecule has 1 aliphatic rings. The highest BCUT2D eigenvalue weighted by Crippen LogP contribution is 2.28. The van der Waals surface area contributed by atoms with E-state index < -0.39 is 0 Å². The Morgan fingerprint density at radius 3 is 2.67 bits per heavy atom. The first-order valence-corrected chi connectivity index (χ1v) is 10.8. The Balaban J connectivity index is 1.56. The summed E-state index contributed by atoms with van der Waals surface area (Å²) in [6, 6.07) is 9.57. The minimum atomic E-state index is -0.102. The van der Waals surface area contributed by atoms with Gasteiger partial charge in [-0.05, 0) is 36.2 Å². The summed E-state index contributed by atoms with van der Waals surface area (Å²) in [6.45, 7) is 5.50. The first-order valence-electron chi connectivity index (χ1n) is 10.0. The van der Waals surface area contributed by atoms with Crippen LogP contribution in [0.3, 0.4) is 0 Å². The smallest absolute Gasteiger partial charge is 0.272 e. The second kappa shape index (κ2) is 8.84. The van der Waals surface area contributed by atoms with Crippen LogP contribution in [0.25, 0.3) is 5.65 Å². The topological polar surface area (TPSA) is 50.1 Å². The Bertz CT molecular complexity index is 1080. The third-order valence-electron chi connectivity index (χ3n) is 5.32. The molecule has 1 aliphatic heterocycles. The Labute approximate surface area is 186 Å². The average molecular weight is 447 g/mol. The lowest BCUT2D eigenvalue weighted by atomic mass is 10.1. The van der Waals surface area contributed by atoms with Crippen LogP contribution < -0.4 is 4.90 Å². The van der Waals surface area contributed by atoms with E-state index in [0.29, 0.717) is 47.6 Å². The van der Waals surface area contributed by atoms with E-state index in [1.807, 2.05) is 31.2 Å². The maximum Gasteiger partial charge on any atom is 0.272 e. The number of carbonyl (C=O) groups excluding carboxylic acids is 1. The van der Waals surface area contributed by atoms with Gasteiger partial charge in [-0.25, -0.2) is 4.98 Å². The Morgan fingerprint density at radius 2 is 1.97 bits per heavy atom. The molecule has 0 radical (unpaired) electrons. The number of carbonyl (C=O) groups is 1. The molecule has 6 nitrogen and oxygen atoms in total. The van der Waals surface area contributed by atoms with Gasteiger partial charge in [0.05, 0.1) is 34.6 Å². The predicted octanol–water partition coefficient (Wildman–Crippen LogP) is 4.31. The number of nitrogens with zero attached hydrogens (tertiary/aromatic N) is 4. The number of anilines is 1. The molecule has 30 heavy (non-hydrogen) atoms. The molecule has 1 fully saturated rings. The number of morpholine rings is 1. The summed E-state index contributed by atoms with van der Waals surface area (Å²) in [6.07, 6.45) is 2.40. The van der Waals surface area contributed by atoms with E-state index in [9.17, 15) is 4.79 Å². The van der Waals surface area contributed by atoms with E-state index in [1.54, 1.807) is 28.6 Å². The lowest BCUT2D eigenvalue weighted by Gasteiger charge is -2.30. The molecule has 0 N–H and O–H groups in total. The van der Waals surface area contributed by atoms with Crippen molar-refractivity contribution in [3.63, 3.8) is 0 Å². The molecule has 8 heteroatoms. The SMILES string of the molecule is CCc1nc2ccc(Cl)cn2c1C(=O)N(C)Cc1ccc(N2CCOCC2)c(Cl)c1. The first kappa shape index (κ1) is 21.0. The van der Waals surface area contributed by atoms with Crippen molar-refractivity contribution < 1.29 is 9.53 Å². The van der Waals surface area contributed by atoms with Gasteiger partial charge in [-0.3, -0.25) is 9.20 Å². The summed E-state index contributed by atoms with van der Waals surface area (Å²) in [7, 11) is 1.79. The zero-order valence-electron chi connectivity index (χ0n) is 17.1. The molecule has 0 atom stereocenters. The molecule has 2 aromatic heterocycles. The molecule has 0 bridgehead atoms. The summed E-state index contributed by atoms with van der Waals surface area (Å²) in [5.74, 6) is -0.102. The molecule has 0 unspecified atom stereocenters. The number of aromatic nitrogens is 2. The lowest BCUT2D eigenvalue weighted by Crippen LogP contribution is -2.36. The number of ether oxygens (including phenoxy) is 1. The van der Waals surface area contributed by atoms with Gasteiger partial charge < -0.3 is 14.5 Å². The van der Waals surface area contributed by atoms with E-state index in [0.717, 1.165) is 30.0 Å². The van der Waals surface area contributed by atoms with Crippen molar-refractivity contribution in [3.8, 4) is 0 Å². The van der Waals surface area contributed by atoms with Gasteiger partial charge in [-0.2, -0.15) is 0 Å². The van der Waals surface area contributed by atoms with Crippen LogP contribution in [0.4, 0.5) is 5.69 Å². The van der Waals surface area contributed by atoms with Gasteiger partial charge in [0.15, 0.2) is 0 Å². The fraction of sp³-hybridized carbons (Fsp3) is 0.364. The molecule has 0 aliphatic carbocycles. The highest BCUT2D eigenvalue weighted by molar-refractivity contribution is 6.33. The van der Waals surface area contributed by atoms with Crippen molar-refractivity contribution in [2.45, 2.75) is 19.9 Å². The normalized spacial score (nSPS) is 14.3. The van der Waals surface area contributed by atoms with Crippen LogP contribution in [0.5, 0.6) is 0 Å². The molecule has 3 heterocycles. The number of fused-ring (bicyclic) bond motifs is 1. The van der Waals surface area contributed by atoms with Crippen LogP contribution >= 0.6 is 23.2 Å².